The minimum Gasteiger partial charge on any atom is -0.351 e. The van der Waals surface area contributed by atoms with E-state index >= 15 is 0 Å². The van der Waals surface area contributed by atoms with Gasteiger partial charge in [-0.25, -0.2) is 4.39 Å². The van der Waals surface area contributed by atoms with Gasteiger partial charge in [-0.05, 0) is 30.2 Å². The zero-order valence-electron chi connectivity index (χ0n) is 12.7. The fourth-order valence-corrected chi connectivity index (χ4v) is 2.69. The number of aryl methyl sites for hydroxylation is 1. The summed E-state index contributed by atoms with van der Waals surface area (Å²) in [5.41, 5.74) is 3.16. The Hall–Kier alpha value is -2.69. The summed E-state index contributed by atoms with van der Waals surface area (Å²) in [6.07, 6.45) is 0.0678. The maximum atomic E-state index is 13.3. The Morgan fingerprint density at radius 1 is 1.26 bits per heavy atom. The number of hydrogen-bond acceptors (Lipinski definition) is 2. The minimum absolute atomic E-state index is 0.0678. The molecule has 2 amide bonds. The van der Waals surface area contributed by atoms with Gasteiger partial charge < -0.3 is 10.6 Å². The molecule has 1 atom stereocenters. The molecule has 0 spiro atoms. The van der Waals surface area contributed by atoms with Crippen LogP contribution in [0.1, 0.15) is 29.0 Å². The Kier molecular flexibility index (Phi) is 4.10. The fraction of sp³-hybridized carbons (Fsp3) is 0.222. The highest BCUT2D eigenvalue weighted by molar-refractivity contribution is 6.01. The molecule has 2 aromatic carbocycles. The Morgan fingerprint density at radius 2 is 2.00 bits per heavy atom. The predicted molar refractivity (Wildman–Crippen MR) is 85.4 cm³/mol. The van der Waals surface area contributed by atoms with Gasteiger partial charge in [0.05, 0.1) is 5.92 Å². The first-order valence-electron chi connectivity index (χ1n) is 7.45. The molecule has 0 aliphatic carbocycles. The molecule has 2 aromatic rings. The zero-order chi connectivity index (χ0) is 16.4. The first kappa shape index (κ1) is 15.2. The van der Waals surface area contributed by atoms with Crippen molar-refractivity contribution in [2.45, 2.75) is 25.8 Å². The highest BCUT2D eigenvalue weighted by atomic mass is 19.1. The van der Waals surface area contributed by atoms with Crippen molar-refractivity contribution in [2.24, 2.45) is 0 Å². The van der Waals surface area contributed by atoms with E-state index in [0.717, 1.165) is 11.1 Å². The van der Waals surface area contributed by atoms with E-state index in [1.54, 1.807) is 6.07 Å². The second-order valence-corrected chi connectivity index (χ2v) is 5.74. The molecule has 0 bridgehead atoms. The topological polar surface area (TPSA) is 58.2 Å². The third kappa shape index (κ3) is 3.39. The molecule has 0 radical (unpaired) electrons. The molecule has 1 heterocycles. The number of rotatable bonds is 3. The summed E-state index contributed by atoms with van der Waals surface area (Å²) >= 11 is 0. The van der Waals surface area contributed by atoms with Crippen molar-refractivity contribution in [1.29, 1.82) is 0 Å². The van der Waals surface area contributed by atoms with E-state index in [0.29, 0.717) is 17.8 Å². The third-order valence-electron chi connectivity index (χ3n) is 3.96. The largest absolute Gasteiger partial charge is 0.351 e. The number of carbonyl (C=O) groups is 2. The second kappa shape index (κ2) is 6.20. The molecule has 118 valence electrons. The molecule has 5 heteroatoms. The Bertz CT molecular complexity index is 756. The van der Waals surface area contributed by atoms with Gasteiger partial charge in [-0.2, -0.15) is 0 Å². The minimum atomic E-state index is -0.593. The van der Waals surface area contributed by atoms with Gasteiger partial charge in [0.15, 0.2) is 0 Å². The number of nitrogens with one attached hydrogen (secondary N) is 2. The molecule has 2 N–H and O–H groups in total. The molecule has 0 saturated carbocycles. The standard InChI is InChI=1S/C18H17FN2O2/c1-11-2-4-12(5-3-11)10-20-18(23)15-9-17(22)21-16-8-13(19)6-7-14(15)16/h2-8,15H,9-10H2,1H3,(H,20,23)(H,21,22). The number of benzene rings is 2. The van der Waals surface area contributed by atoms with Gasteiger partial charge in [-0.3, -0.25) is 9.59 Å². The molecule has 3 rings (SSSR count). The van der Waals surface area contributed by atoms with E-state index in [-0.39, 0.29) is 18.2 Å². The Labute approximate surface area is 133 Å². The molecule has 1 aliphatic rings. The van der Waals surface area contributed by atoms with Crippen LogP contribution in [0, 0.1) is 12.7 Å². The van der Waals surface area contributed by atoms with Gasteiger partial charge >= 0.3 is 0 Å². The lowest BCUT2D eigenvalue weighted by Crippen LogP contribution is -2.34. The third-order valence-corrected chi connectivity index (χ3v) is 3.96. The Balaban J connectivity index is 1.74. The lowest BCUT2D eigenvalue weighted by atomic mass is 9.89. The molecule has 0 saturated heterocycles. The molecule has 1 unspecified atom stereocenters. The SMILES string of the molecule is Cc1ccc(CNC(=O)C2CC(=O)Nc3cc(F)ccc32)cc1. The quantitative estimate of drug-likeness (QED) is 0.915. The number of halogens is 1. The number of fused-ring (bicyclic) bond motifs is 1. The average Bonchev–Trinajstić information content (AvgIpc) is 2.52. The van der Waals surface area contributed by atoms with Crippen molar-refractivity contribution >= 4 is 17.5 Å². The lowest BCUT2D eigenvalue weighted by molar-refractivity contribution is -0.126. The van der Waals surface area contributed by atoms with Crippen LogP contribution in [-0.4, -0.2) is 11.8 Å². The van der Waals surface area contributed by atoms with E-state index in [2.05, 4.69) is 10.6 Å². The number of amides is 2. The van der Waals surface area contributed by atoms with Gasteiger partial charge in [0.25, 0.3) is 0 Å². The number of hydrogen-bond donors (Lipinski definition) is 2. The monoisotopic (exact) mass is 312 g/mol. The van der Waals surface area contributed by atoms with Crippen molar-refractivity contribution in [3.63, 3.8) is 0 Å². The lowest BCUT2D eigenvalue weighted by Gasteiger charge is -2.24. The summed E-state index contributed by atoms with van der Waals surface area (Å²) in [7, 11) is 0. The van der Waals surface area contributed by atoms with Crippen LogP contribution in [0.3, 0.4) is 0 Å². The fourth-order valence-electron chi connectivity index (χ4n) is 2.69. The van der Waals surface area contributed by atoms with Crippen LogP contribution in [0.25, 0.3) is 0 Å². The summed E-state index contributed by atoms with van der Waals surface area (Å²) < 4.78 is 13.3. The Morgan fingerprint density at radius 3 is 2.74 bits per heavy atom. The summed E-state index contributed by atoms with van der Waals surface area (Å²) in [4.78, 5) is 24.2. The maximum Gasteiger partial charge on any atom is 0.228 e. The summed E-state index contributed by atoms with van der Waals surface area (Å²) in [6.45, 7) is 2.40. The summed E-state index contributed by atoms with van der Waals surface area (Å²) in [6, 6.07) is 12.0. The van der Waals surface area contributed by atoms with E-state index in [1.807, 2.05) is 31.2 Å². The smallest absolute Gasteiger partial charge is 0.228 e. The first-order chi connectivity index (χ1) is 11.0. The van der Waals surface area contributed by atoms with Crippen molar-refractivity contribution < 1.29 is 14.0 Å². The highest BCUT2D eigenvalue weighted by Crippen LogP contribution is 2.32. The van der Waals surface area contributed by atoms with Crippen LogP contribution in [0.15, 0.2) is 42.5 Å². The van der Waals surface area contributed by atoms with Gasteiger partial charge in [-0.1, -0.05) is 35.9 Å². The van der Waals surface area contributed by atoms with Crippen LogP contribution in [0.2, 0.25) is 0 Å². The normalized spacial score (nSPS) is 16.4. The van der Waals surface area contributed by atoms with E-state index in [9.17, 15) is 14.0 Å². The molecule has 1 aliphatic heterocycles. The van der Waals surface area contributed by atoms with Gasteiger partial charge in [-0.15, -0.1) is 0 Å². The van der Waals surface area contributed by atoms with E-state index < -0.39 is 11.7 Å². The molecule has 4 nitrogen and oxygen atoms in total. The van der Waals surface area contributed by atoms with Crippen LogP contribution in [0.5, 0.6) is 0 Å². The van der Waals surface area contributed by atoms with Crippen LogP contribution < -0.4 is 10.6 Å². The van der Waals surface area contributed by atoms with Crippen molar-refractivity contribution in [3.05, 3.63) is 65.0 Å². The number of carbonyl (C=O) groups excluding carboxylic acids is 2. The van der Waals surface area contributed by atoms with Gasteiger partial charge in [0.2, 0.25) is 11.8 Å². The predicted octanol–water partition coefficient (Wildman–Crippen LogP) is 2.88. The molecule has 23 heavy (non-hydrogen) atoms. The zero-order valence-corrected chi connectivity index (χ0v) is 12.7. The van der Waals surface area contributed by atoms with Gasteiger partial charge in [0, 0.05) is 18.7 Å². The molecular formula is C18H17FN2O2. The van der Waals surface area contributed by atoms with Crippen molar-refractivity contribution in [3.8, 4) is 0 Å². The van der Waals surface area contributed by atoms with Crippen molar-refractivity contribution in [1.82, 2.24) is 5.32 Å². The van der Waals surface area contributed by atoms with E-state index in [4.69, 9.17) is 0 Å². The second-order valence-electron chi connectivity index (χ2n) is 5.74. The first-order valence-corrected chi connectivity index (χ1v) is 7.45. The molecular weight excluding hydrogens is 295 g/mol. The number of anilines is 1. The molecule has 0 aromatic heterocycles. The van der Waals surface area contributed by atoms with Crippen molar-refractivity contribution in [2.75, 3.05) is 5.32 Å². The highest BCUT2D eigenvalue weighted by Gasteiger charge is 2.30. The average molecular weight is 312 g/mol. The summed E-state index contributed by atoms with van der Waals surface area (Å²) in [5.74, 6) is -1.54. The molecule has 0 fully saturated rings. The summed E-state index contributed by atoms with van der Waals surface area (Å²) in [5, 5.41) is 5.46. The van der Waals surface area contributed by atoms with Crippen LogP contribution in [-0.2, 0) is 16.1 Å². The van der Waals surface area contributed by atoms with Crippen LogP contribution in [0.4, 0.5) is 10.1 Å². The maximum absolute atomic E-state index is 13.3. The van der Waals surface area contributed by atoms with E-state index in [1.165, 1.54) is 12.1 Å². The van der Waals surface area contributed by atoms with Gasteiger partial charge in [0.1, 0.15) is 5.82 Å². The van der Waals surface area contributed by atoms with Crippen LogP contribution >= 0.6 is 0 Å².